The Morgan fingerprint density at radius 2 is 2.19 bits per heavy atom. The highest BCUT2D eigenvalue weighted by molar-refractivity contribution is 6.18. The van der Waals surface area contributed by atoms with E-state index < -0.39 is 0 Å². The van der Waals surface area contributed by atoms with Crippen molar-refractivity contribution < 1.29 is 9.53 Å². The highest BCUT2D eigenvalue weighted by Gasteiger charge is 2.44. The minimum atomic E-state index is -0.272. The van der Waals surface area contributed by atoms with Crippen LogP contribution in [0.5, 0.6) is 0 Å². The zero-order valence-electron chi connectivity index (χ0n) is 10.2. The molecule has 3 atom stereocenters. The molecule has 1 heterocycles. The van der Waals surface area contributed by atoms with Gasteiger partial charge >= 0.3 is 0 Å². The van der Waals surface area contributed by atoms with Gasteiger partial charge in [0.05, 0.1) is 17.6 Å². The maximum Gasteiger partial charge on any atom is 0.226 e. The molecule has 2 fully saturated rings. The van der Waals surface area contributed by atoms with Crippen molar-refractivity contribution in [3.63, 3.8) is 0 Å². The van der Waals surface area contributed by atoms with Crippen LogP contribution < -0.4 is 0 Å². The van der Waals surface area contributed by atoms with Crippen molar-refractivity contribution in [3.05, 3.63) is 0 Å². The van der Waals surface area contributed by atoms with Crippen molar-refractivity contribution >= 4 is 17.5 Å². The van der Waals surface area contributed by atoms with Crippen LogP contribution in [0.4, 0.5) is 0 Å². The summed E-state index contributed by atoms with van der Waals surface area (Å²) in [7, 11) is 0. The zero-order valence-corrected chi connectivity index (χ0v) is 11.0. The van der Waals surface area contributed by atoms with Gasteiger partial charge in [-0.1, -0.05) is 6.92 Å². The number of amides is 1. The summed E-state index contributed by atoms with van der Waals surface area (Å²) in [6, 6.07) is 0. The molecule has 3 nitrogen and oxygen atoms in total. The van der Waals surface area contributed by atoms with Gasteiger partial charge in [-0.3, -0.25) is 4.79 Å². The van der Waals surface area contributed by atoms with Crippen LogP contribution in [-0.2, 0) is 9.53 Å². The number of morpholine rings is 1. The molecule has 0 bridgehead atoms. The Labute approximate surface area is 102 Å². The maximum absolute atomic E-state index is 12.1. The molecule has 3 unspecified atom stereocenters. The molecule has 1 aliphatic carbocycles. The Balaban J connectivity index is 2.01. The van der Waals surface area contributed by atoms with Gasteiger partial charge in [-0.25, -0.2) is 0 Å². The van der Waals surface area contributed by atoms with E-state index in [2.05, 4.69) is 6.92 Å². The van der Waals surface area contributed by atoms with E-state index in [0.29, 0.717) is 30.8 Å². The lowest BCUT2D eigenvalue weighted by Crippen LogP contribution is -2.55. The Bertz CT molecular complexity index is 293. The average Bonchev–Trinajstić information content (AvgIpc) is 2.92. The smallest absolute Gasteiger partial charge is 0.226 e. The summed E-state index contributed by atoms with van der Waals surface area (Å²) in [6.45, 7) is 7.50. The minimum Gasteiger partial charge on any atom is -0.367 e. The van der Waals surface area contributed by atoms with Crippen LogP contribution in [0.2, 0.25) is 0 Å². The second-order valence-electron chi connectivity index (χ2n) is 5.69. The average molecular weight is 246 g/mol. The van der Waals surface area contributed by atoms with E-state index in [4.69, 9.17) is 16.3 Å². The van der Waals surface area contributed by atoms with E-state index in [9.17, 15) is 4.79 Å². The third kappa shape index (κ3) is 2.51. The van der Waals surface area contributed by atoms with E-state index in [-0.39, 0.29) is 17.6 Å². The predicted molar refractivity (Wildman–Crippen MR) is 63.5 cm³/mol. The Kier molecular flexibility index (Phi) is 3.19. The molecule has 16 heavy (non-hydrogen) atoms. The summed E-state index contributed by atoms with van der Waals surface area (Å²) in [5, 5.41) is 0. The summed E-state index contributed by atoms with van der Waals surface area (Å²) in [5.41, 5.74) is -0.272. The SMILES string of the molecule is CC1CC1C(=O)N1CC(CCl)OC(C)(C)C1. The van der Waals surface area contributed by atoms with Gasteiger partial charge in [0.1, 0.15) is 0 Å². The quantitative estimate of drug-likeness (QED) is 0.696. The molecule has 1 amide bonds. The fraction of sp³-hybridized carbons (Fsp3) is 0.917. The molecule has 2 rings (SSSR count). The summed E-state index contributed by atoms with van der Waals surface area (Å²) < 4.78 is 5.80. The van der Waals surface area contributed by atoms with Crippen LogP contribution in [0.25, 0.3) is 0 Å². The number of hydrogen-bond donors (Lipinski definition) is 0. The van der Waals surface area contributed by atoms with Crippen molar-refractivity contribution in [3.8, 4) is 0 Å². The fourth-order valence-corrected chi connectivity index (χ4v) is 2.61. The lowest BCUT2D eigenvalue weighted by atomic mass is 10.0. The van der Waals surface area contributed by atoms with Gasteiger partial charge in [0.2, 0.25) is 5.91 Å². The van der Waals surface area contributed by atoms with Crippen LogP contribution in [0, 0.1) is 11.8 Å². The molecule has 92 valence electrons. The molecular weight excluding hydrogens is 226 g/mol. The molecule has 0 aromatic carbocycles. The number of carbonyl (C=O) groups is 1. The summed E-state index contributed by atoms with van der Waals surface area (Å²) in [4.78, 5) is 14.1. The minimum absolute atomic E-state index is 0.0246. The summed E-state index contributed by atoms with van der Waals surface area (Å²) in [5.74, 6) is 1.56. The van der Waals surface area contributed by atoms with E-state index in [0.717, 1.165) is 6.42 Å². The van der Waals surface area contributed by atoms with Gasteiger partial charge in [-0.15, -0.1) is 11.6 Å². The zero-order chi connectivity index (χ0) is 11.9. The van der Waals surface area contributed by atoms with Gasteiger partial charge in [-0.2, -0.15) is 0 Å². The third-order valence-corrected chi connectivity index (χ3v) is 3.74. The van der Waals surface area contributed by atoms with Crippen LogP contribution in [-0.4, -0.2) is 41.5 Å². The van der Waals surface area contributed by atoms with E-state index >= 15 is 0 Å². The van der Waals surface area contributed by atoms with E-state index in [1.165, 1.54) is 0 Å². The van der Waals surface area contributed by atoms with E-state index in [1.54, 1.807) is 0 Å². The molecule has 1 aliphatic heterocycles. The number of hydrogen-bond acceptors (Lipinski definition) is 2. The summed E-state index contributed by atoms with van der Waals surface area (Å²) >= 11 is 5.84. The predicted octanol–water partition coefficient (Wildman–Crippen LogP) is 1.89. The first-order valence-corrected chi connectivity index (χ1v) is 6.49. The van der Waals surface area contributed by atoms with Gasteiger partial charge in [-0.05, 0) is 26.2 Å². The lowest BCUT2D eigenvalue weighted by molar-refractivity contribution is -0.158. The number of alkyl halides is 1. The Morgan fingerprint density at radius 1 is 1.56 bits per heavy atom. The Morgan fingerprint density at radius 3 is 2.69 bits per heavy atom. The highest BCUT2D eigenvalue weighted by atomic mass is 35.5. The second kappa shape index (κ2) is 4.19. The molecular formula is C12H20ClNO2. The highest BCUT2D eigenvalue weighted by Crippen LogP contribution is 2.40. The Hall–Kier alpha value is -0.280. The fourth-order valence-electron chi connectivity index (χ4n) is 2.44. The molecule has 2 aliphatic rings. The van der Waals surface area contributed by atoms with Crippen molar-refractivity contribution in [2.45, 2.75) is 38.9 Å². The van der Waals surface area contributed by atoms with Crippen LogP contribution in [0.3, 0.4) is 0 Å². The van der Waals surface area contributed by atoms with Crippen LogP contribution in [0.1, 0.15) is 27.2 Å². The maximum atomic E-state index is 12.1. The van der Waals surface area contributed by atoms with Gasteiger partial charge in [0.15, 0.2) is 0 Å². The number of nitrogens with zero attached hydrogens (tertiary/aromatic N) is 1. The molecule has 1 saturated carbocycles. The molecule has 4 heteroatoms. The van der Waals surface area contributed by atoms with Crippen LogP contribution in [0.15, 0.2) is 0 Å². The van der Waals surface area contributed by atoms with Crippen molar-refractivity contribution in [1.29, 1.82) is 0 Å². The first kappa shape index (κ1) is 12.2. The normalized spacial score (nSPS) is 37.2. The lowest BCUT2D eigenvalue weighted by Gasteiger charge is -2.42. The topological polar surface area (TPSA) is 29.5 Å². The first-order chi connectivity index (χ1) is 7.43. The molecule has 0 aromatic rings. The molecule has 1 saturated heterocycles. The molecule has 0 radical (unpaired) electrons. The van der Waals surface area contributed by atoms with Gasteiger partial charge in [0, 0.05) is 19.0 Å². The second-order valence-corrected chi connectivity index (χ2v) is 6.00. The van der Waals surface area contributed by atoms with Gasteiger partial charge in [0.25, 0.3) is 0 Å². The van der Waals surface area contributed by atoms with Crippen molar-refractivity contribution in [2.75, 3.05) is 19.0 Å². The molecule has 0 N–H and O–H groups in total. The molecule has 0 aromatic heterocycles. The number of carbonyl (C=O) groups excluding carboxylic acids is 1. The van der Waals surface area contributed by atoms with Crippen LogP contribution >= 0.6 is 11.6 Å². The first-order valence-electron chi connectivity index (χ1n) is 5.95. The molecule has 0 spiro atoms. The monoisotopic (exact) mass is 245 g/mol. The number of ether oxygens (including phenoxy) is 1. The van der Waals surface area contributed by atoms with Gasteiger partial charge < -0.3 is 9.64 Å². The number of halogens is 1. The van der Waals surface area contributed by atoms with Crippen molar-refractivity contribution in [1.82, 2.24) is 4.90 Å². The largest absolute Gasteiger partial charge is 0.367 e. The summed E-state index contributed by atoms with van der Waals surface area (Å²) in [6.07, 6.45) is 1.02. The standard InChI is InChI=1S/C12H20ClNO2/c1-8-4-10(8)11(15)14-6-9(5-13)16-12(2,3)7-14/h8-10H,4-7H2,1-3H3. The number of rotatable bonds is 2. The van der Waals surface area contributed by atoms with Crippen molar-refractivity contribution in [2.24, 2.45) is 11.8 Å². The third-order valence-electron chi connectivity index (χ3n) is 3.39. The van der Waals surface area contributed by atoms with E-state index in [1.807, 2.05) is 18.7 Å².